The molecule has 0 aromatic carbocycles. The van der Waals surface area contributed by atoms with Crippen LogP contribution in [0.3, 0.4) is 0 Å². The standard InChI is InChI=1S/C12H13F3N4O3/c13-12(14,15)11-17-16-8-5-18(3-4-19(8)11)9(20)6-1-2-7(6)10(21)22/h6-7H,1-5H2,(H,21,22). The summed E-state index contributed by atoms with van der Waals surface area (Å²) in [6, 6.07) is 0. The third-order valence-electron chi connectivity index (χ3n) is 4.23. The van der Waals surface area contributed by atoms with Crippen LogP contribution in [0.4, 0.5) is 13.2 Å². The first kappa shape index (κ1) is 14.8. The number of rotatable bonds is 2. The minimum absolute atomic E-state index is 0.0482. The molecule has 0 radical (unpaired) electrons. The van der Waals surface area contributed by atoms with Gasteiger partial charge in [0.05, 0.1) is 18.4 Å². The Bertz CT molecular complexity index is 628. The number of carbonyl (C=O) groups excluding carboxylic acids is 1. The molecule has 0 saturated heterocycles. The van der Waals surface area contributed by atoms with Crippen LogP contribution in [0.2, 0.25) is 0 Å². The molecule has 2 aliphatic rings. The Morgan fingerprint density at radius 3 is 2.36 bits per heavy atom. The van der Waals surface area contributed by atoms with Crippen molar-refractivity contribution in [3.63, 3.8) is 0 Å². The van der Waals surface area contributed by atoms with Crippen LogP contribution in [0, 0.1) is 11.8 Å². The zero-order valence-electron chi connectivity index (χ0n) is 11.4. The van der Waals surface area contributed by atoms with Gasteiger partial charge in [-0.2, -0.15) is 13.2 Å². The number of carboxylic acids is 1. The van der Waals surface area contributed by atoms with Crippen molar-refractivity contribution in [2.75, 3.05) is 6.54 Å². The number of fused-ring (bicyclic) bond motifs is 1. The van der Waals surface area contributed by atoms with Gasteiger partial charge in [-0.3, -0.25) is 9.59 Å². The number of halogens is 3. The molecule has 1 amide bonds. The van der Waals surface area contributed by atoms with Gasteiger partial charge in [0.2, 0.25) is 11.7 Å². The Morgan fingerprint density at radius 2 is 1.82 bits per heavy atom. The van der Waals surface area contributed by atoms with Crippen molar-refractivity contribution in [1.82, 2.24) is 19.7 Å². The largest absolute Gasteiger partial charge is 0.481 e. The fourth-order valence-corrected chi connectivity index (χ4v) is 2.88. The van der Waals surface area contributed by atoms with Crippen LogP contribution in [0.1, 0.15) is 24.5 Å². The highest BCUT2D eigenvalue weighted by Crippen LogP contribution is 2.37. The first-order valence-corrected chi connectivity index (χ1v) is 6.80. The molecule has 7 nitrogen and oxygen atoms in total. The molecule has 2 atom stereocenters. The molecule has 1 fully saturated rings. The highest BCUT2D eigenvalue weighted by molar-refractivity contribution is 5.86. The predicted octanol–water partition coefficient (Wildman–Crippen LogP) is 0.750. The fourth-order valence-electron chi connectivity index (χ4n) is 2.88. The van der Waals surface area contributed by atoms with E-state index < -0.39 is 29.8 Å². The van der Waals surface area contributed by atoms with E-state index in [0.29, 0.717) is 12.8 Å². The lowest BCUT2D eigenvalue weighted by Crippen LogP contribution is -2.48. The summed E-state index contributed by atoms with van der Waals surface area (Å²) in [7, 11) is 0. The molecule has 1 aromatic rings. The van der Waals surface area contributed by atoms with E-state index in [1.165, 1.54) is 4.90 Å². The monoisotopic (exact) mass is 318 g/mol. The van der Waals surface area contributed by atoms with Gasteiger partial charge in [-0.05, 0) is 12.8 Å². The number of hydrogen-bond acceptors (Lipinski definition) is 4. The number of alkyl halides is 3. The molecule has 0 bridgehead atoms. The van der Waals surface area contributed by atoms with Gasteiger partial charge in [-0.1, -0.05) is 0 Å². The molecular weight excluding hydrogens is 305 g/mol. The van der Waals surface area contributed by atoms with Crippen LogP contribution in [0.15, 0.2) is 0 Å². The number of nitrogens with zero attached hydrogens (tertiary/aromatic N) is 4. The van der Waals surface area contributed by atoms with Crippen LogP contribution in [-0.2, 0) is 28.9 Å². The number of hydrogen-bond donors (Lipinski definition) is 1. The molecule has 1 aliphatic carbocycles. The van der Waals surface area contributed by atoms with Gasteiger partial charge in [-0.25, -0.2) is 0 Å². The summed E-state index contributed by atoms with van der Waals surface area (Å²) >= 11 is 0. The lowest BCUT2D eigenvalue weighted by molar-refractivity contribution is -0.157. The van der Waals surface area contributed by atoms with Gasteiger partial charge in [0.25, 0.3) is 0 Å². The summed E-state index contributed by atoms with van der Waals surface area (Å²) in [5.41, 5.74) is 0. The fraction of sp³-hybridized carbons (Fsp3) is 0.667. The zero-order valence-corrected chi connectivity index (χ0v) is 11.4. The molecule has 2 heterocycles. The van der Waals surface area contributed by atoms with Gasteiger partial charge >= 0.3 is 12.1 Å². The quantitative estimate of drug-likeness (QED) is 0.869. The van der Waals surface area contributed by atoms with Crippen molar-refractivity contribution in [3.8, 4) is 0 Å². The summed E-state index contributed by atoms with van der Waals surface area (Å²) in [6.45, 7) is -0.0338. The minimum Gasteiger partial charge on any atom is -0.481 e. The van der Waals surface area contributed by atoms with Crippen LogP contribution in [0.5, 0.6) is 0 Å². The summed E-state index contributed by atoms with van der Waals surface area (Å²) in [6.07, 6.45) is -3.64. The zero-order chi connectivity index (χ0) is 16.1. The summed E-state index contributed by atoms with van der Waals surface area (Å²) in [4.78, 5) is 24.6. The van der Waals surface area contributed by atoms with Gasteiger partial charge in [0, 0.05) is 13.1 Å². The van der Waals surface area contributed by atoms with Gasteiger partial charge < -0.3 is 14.6 Å². The Morgan fingerprint density at radius 1 is 1.14 bits per heavy atom. The second kappa shape index (κ2) is 4.96. The van der Waals surface area contributed by atoms with Gasteiger partial charge in [0.1, 0.15) is 0 Å². The topological polar surface area (TPSA) is 88.3 Å². The van der Waals surface area contributed by atoms with E-state index in [-0.39, 0.29) is 31.4 Å². The smallest absolute Gasteiger partial charge is 0.451 e. The van der Waals surface area contributed by atoms with Crippen molar-refractivity contribution in [1.29, 1.82) is 0 Å². The van der Waals surface area contributed by atoms with Crippen LogP contribution >= 0.6 is 0 Å². The lowest BCUT2D eigenvalue weighted by atomic mass is 9.73. The van der Waals surface area contributed by atoms with E-state index in [0.717, 1.165) is 4.57 Å². The van der Waals surface area contributed by atoms with E-state index in [2.05, 4.69) is 10.2 Å². The van der Waals surface area contributed by atoms with Crippen molar-refractivity contribution in [2.45, 2.75) is 32.1 Å². The molecule has 22 heavy (non-hydrogen) atoms. The number of aromatic nitrogens is 3. The molecule has 1 N–H and O–H groups in total. The summed E-state index contributed by atoms with van der Waals surface area (Å²) in [5, 5.41) is 15.6. The first-order chi connectivity index (χ1) is 10.3. The molecule has 120 valence electrons. The Kier molecular flexibility index (Phi) is 3.33. The predicted molar refractivity (Wildman–Crippen MR) is 64.3 cm³/mol. The Labute approximate surface area is 122 Å². The van der Waals surface area contributed by atoms with E-state index in [9.17, 15) is 22.8 Å². The normalized spacial score (nSPS) is 24.6. The second-order valence-corrected chi connectivity index (χ2v) is 5.48. The van der Waals surface area contributed by atoms with E-state index >= 15 is 0 Å². The van der Waals surface area contributed by atoms with E-state index in [1.54, 1.807) is 0 Å². The van der Waals surface area contributed by atoms with E-state index in [4.69, 9.17) is 5.11 Å². The van der Waals surface area contributed by atoms with Crippen LogP contribution < -0.4 is 0 Å². The lowest BCUT2D eigenvalue weighted by Gasteiger charge is -2.37. The molecular formula is C12H13F3N4O3. The van der Waals surface area contributed by atoms with E-state index in [1.807, 2.05) is 0 Å². The number of carboxylic acid groups (broad SMARTS) is 1. The maximum absolute atomic E-state index is 12.7. The maximum Gasteiger partial charge on any atom is 0.451 e. The number of amides is 1. The van der Waals surface area contributed by atoms with Gasteiger partial charge in [0.15, 0.2) is 5.82 Å². The third kappa shape index (κ3) is 2.32. The Balaban J connectivity index is 1.74. The molecule has 10 heteroatoms. The van der Waals surface area contributed by atoms with Crippen molar-refractivity contribution >= 4 is 11.9 Å². The highest BCUT2D eigenvalue weighted by Gasteiger charge is 2.45. The van der Waals surface area contributed by atoms with Crippen LogP contribution in [-0.4, -0.2) is 43.2 Å². The maximum atomic E-state index is 12.7. The average Bonchev–Trinajstić information content (AvgIpc) is 2.78. The highest BCUT2D eigenvalue weighted by atomic mass is 19.4. The van der Waals surface area contributed by atoms with Crippen molar-refractivity contribution < 1.29 is 27.9 Å². The number of aliphatic carboxylic acids is 1. The van der Waals surface area contributed by atoms with Crippen molar-refractivity contribution in [2.24, 2.45) is 11.8 Å². The minimum atomic E-state index is -4.58. The molecule has 2 unspecified atom stereocenters. The second-order valence-electron chi connectivity index (χ2n) is 5.48. The summed E-state index contributed by atoms with van der Waals surface area (Å²) in [5.74, 6) is -3.63. The van der Waals surface area contributed by atoms with Crippen LogP contribution in [0.25, 0.3) is 0 Å². The average molecular weight is 318 g/mol. The van der Waals surface area contributed by atoms with Crippen molar-refractivity contribution in [3.05, 3.63) is 11.6 Å². The molecule has 0 spiro atoms. The first-order valence-electron chi connectivity index (χ1n) is 6.80. The molecule has 1 saturated carbocycles. The molecule has 1 aromatic heterocycles. The summed E-state index contributed by atoms with van der Waals surface area (Å²) < 4.78 is 39.1. The SMILES string of the molecule is O=C(O)C1CCC1C(=O)N1CCn2c(nnc2C(F)(F)F)C1. The number of carbonyl (C=O) groups is 2. The third-order valence-corrected chi connectivity index (χ3v) is 4.23. The van der Waals surface area contributed by atoms with Gasteiger partial charge in [-0.15, -0.1) is 10.2 Å². The molecule has 1 aliphatic heterocycles. The molecule has 3 rings (SSSR count). The Hall–Kier alpha value is -2.13.